The molecule has 0 aromatic heterocycles. The molecular formula is C26H30N2O6. The van der Waals surface area contributed by atoms with Gasteiger partial charge >= 0.3 is 0 Å². The molecule has 34 heavy (non-hydrogen) atoms. The van der Waals surface area contributed by atoms with Gasteiger partial charge in [-0.1, -0.05) is 24.0 Å². The third kappa shape index (κ3) is 6.29. The van der Waals surface area contributed by atoms with E-state index in [0.717, 1.165) is 16.0 Å². The average Bonchev–Trinajstić information content (AvgIpc) is 2.88. The van der Waals surface area contributed by atoms with E-state index in [1.54, 1.807) is 31.2 Å². The second-order valence-corrected chi connectivity index (χ2v) is 7.93. The third-order valence-electron chi connectivity index (χ3n) is 5.56. The van der Waals surface area contributed by atoms with E-state index in [4.69, 9.17) is 9.84 Å². The highest BCUT2D eigenvalue weighted by Crippen LogP contribution is 2.19. The monoisotopic (exact) mass is 466 g/mol. The molecule has 0 unspecified atom stereocenters. The van der Waals surface area contributed by atoms with E-state index in [9.17, 15) is 19.5 Å². The first kappa shape index (κ1) is 26.7. The highest BCUT2D eigenvalue weighted by atomic mass is 16.5. The smallest absolute Gasteiger partial charge is 0.254 e. The van der Waals surface area contributed by atoms with Crippen LogP contribution in [0.5, 0.6) is 0 Å². The predicted octanol–water partition coefficient (Wildman–Crippen LogP) is 1.12. The van der Waals surface area contributed by atoms with Crippen molar-refractivity contribution in [2.75, 3.05) is 27.3 Å². The normalized spacial score (nSPS) is 13.1. The summed E-state index contributed by atoms with van der Waals surface area (Å²) in [6.07, 6.45) is -0.221. The standard InChI is InChI=1S/C26H30N2O6/c1-18(15-29)34-17-21-9-7-19(8-10-21)5-6-20-11-13-22(14-12-20)24(32)28(4)26(2,23(31)16-30)25(33)27-3/h7-14,18,29-30H,15-17H2,1-4H3,(H,27,33)/t18-,26+/m0/s1. The molecule has 0 aliphatic heterocycles. The molecule has 180 valence electrons. The van der Waals surface area contributed by atoms with Gasteiger partial charge in [0.25, 0.3) is 11.8 Å². The van der Waals surface area contributed by atoms with E-state index in [-0.39, 0.29) is 18.3 Å². The number of hydrogen-bond acceptors (Lipinski definition) is 6. The van der Waals surface area contributed by atoms with Gasteiger partial charge in [0.2, 0.25) is 0 Å². The van der Waals surface area contributed by atoms with Crippen LogP contribution in [0.2, 0.25) is 0 Å². The summed E-state index contributed by atoms with van der Waals surface area (Å²) in [5, 5.41) is 20.7. The Morgan fingerprint density at radius 1 is 1.03 bits per heavy atom. The average molecular weight is 467 g/mol. The zero-order valence-electron chi connectivity index (χ0n) is 19.8. The number of nitrogens with zero attached hydrogens (tertiary/aromatic N) is 1. The molecule has 2 rings (SSSR count). The molecule has 0 aliphatic carbocycles. The number of ether oxygens (including phenoxy) is 1. The van der Waals surface area contributed by atoms with Crippen molar-refractivity contribution >= 4 is 17.6 Å². The van der Waals surface area contributed by atoms with Gasteiger partial charge in [-0.15, -0.1) is 0 Å². The lowest BCUT2D eigenvalue weighted by Crippen LogP contribution is -2.62. The summed E-state index contributed by atoms with van der Waals surface area (Å²) < 4.78 is 5.48. The van der Waals surface area contributed by atoms with Crippen LogP contribution in [-0.4, -0.2) is 71.7 Å². The Morgan fingerprint density at radius 2 is 1.56 bits per heavy atom. The molecule has 0 heterocycles. The topological polar surface area (TPSA) is 116 Å². The molecule has 3 N–H and O–H groups in total. The minimum Gasteiger partial charge on any atom is -0.394 e. The van der Waals surface area contributed by atoms with Crippen molar-refractivity contribution in [2.24, 2.45) is 0 Å². The number of amides is 2. The molecule has 8 heteroatoms. The fraction of sp³-hybridized carbons (Fsp3) is 0.346. The molecule has 2 atom stereocenters. The number of aliphatic hydroxyl groups excluding tert-OH is 2. The van der Waals surface area contributed by atoms with Crippen molar-refractivity contribution in [3.8, 4) is 11.8 Å². The minimum absolute atomic E-state index is 0.0294. The van der Waals surface area contributed by atoms with E-state index in [0.29, 0.717) is 12.2 Å². The number of likely N-dealkylation sites (N-methyl/N-ethyl adjacent to an activating group) is 2. The van der Waals surface area contributed by atoms with Crippen LogP contribution in [0.1, 0.15) is 40.9 Å². The number of benzene rings is 2. The number of nitrogens with one attached hydrogen (secondary N) is 1. The van der Waals surface area contributed by atoms with Gasteiger partial charge in [-0.3, -0.25) is 14.4 Å². The quantitative estimate of drug-likeness (QED) is 0.377. The zero-order valence-corrected chi connectivity index (χ0v) is 19.8. The maximum absolute atomic E-state index is 12.9. The molecule has 0 spiro atoms. The Hall–Kier alpha value is -3.51. The van der Waals surface area contributed by atoms with Gasteiger partial charge in [-0.2, -0.15) is 0 Å². The minimum atomic E-state index is -1.84. The van der Waals surface area contributed by atoms with Crippen molar-refractivity contribution in [1.82, 2.24) is 10.2 Å². The van der Waals surface area contributed by atoms with Gasteiger partial charge in [0, 0.05) is 30.8 Å². The van der Waals surface area contributed by atoms with E-state index < -0.39 is 29.7 Å². The Balaban J connectivity index is 2.12. The second-order valence-electron chi connectivity index (χ2n) is 7.93. The summed E-state index contributed by atoms with van der Waals surface area (Å²) in [5.41, 5.74) is 0.898. The summed E-state index contributed by atoms with van der Waals surface area (Å²) in [4.78, 5) is 38.5. The first-order valence-corrected chi connectivity index (χ1v) is 10.7. The molecule has 0 saturated carbocycles. The molecule has 0 radical (unpaired) electrons. The Kier molecular flexibility index (Phi) is 9.51. The van der Waals surface area contributed by atoms with E-state index in [1.165, 1.54) is 21.0 Å². The molecular weight excluding hydrogens is 436 g/mol. The molecule has 8 nitrogen and oxygen atoms in total. The van der Waals surface area contributed by atoms with Gasteiger partial charge in [0.15, 0.2) is 11.3 Å². The van der Waals surface area contributed by atoms with Crippen LogP contribution in [0.4, 0.5) is 0 Å². The van der Waals surface area contributed by atoms with Crippen LogP contribution in [-0.2, 0) is 20.9 Å². The summed E-state index contributed by atoms with van der Waals surface area (Å²) in [6.45, 7) is 2.60. The lowest BCUT2D eigenvalue weighted by molar-refractivity contribution is -0.143. The van der Waals surface area contributed by atoms with Gasteiger partial charge in [0.05, 0.1) is 19.3 Å². The van der Waals surface area contributed by atoms with Crippen molar-refractivity contribution in [2.45, 2.75) is 32.1 Å². The fourth-order valence-corrected chi connectivity index (χ4v) is 3.08. The van der Waals surface area contributed by atoms with Crippen LogP contribution >= 0.6 is 0 Å². The van der Waals surface area contributed by atoms with Gasteiger partial charge < -0.3 is 25.2 Å². The molecule has 0 bridgehead atoms. The van der Waals surface area contributed by atoms with Crippen LogP contribution in [0.3, 0.4) is 0 Å². The molecule has 0 fully saturated rings. The van der Waals surface area contributed by atoms with Crippen molar-refractivity contribution in [3.05, 3.63) is 70.8 Å². The van der Waals surface area contributed by atoms with Crippen molar-refractivity contribution in [3.63, 3.8) is 0 Å². The maximum Gasteiger partial charge on any atom is 0.254 e. The summed E-state index contributed by atoms with van der Waals surface area (Å²) in [6, 6.07) is 14.1. The van der Waals surface area contributed by atoms with Crippen LogP contribution in [0.25, 0.3) is 0 Å². The SMILES string of the molecule is CNC(=O)[C@@](C)(C(=O)CO)N(C)C(=O)c1ccc(C#Cc2ccc(CO[C@@H](C)CO)cc2)cc1. The number of rotatable bonds is 9. The van der Waals surface area contributed by atoms with Crippen molar-refractivity contribution in [1.29, 1.82) is 0 Å². The first-order valence-electron chi connectivity index (χ1n) is 10.7. The lowest BCUT2D eigenvalue weighted by atomic mass is 9.92. The number of aliphatic hydroxyl groups is 2. The number of hydrogen-bond donors (Lipinski definition) is 3. The highest BCUT2D eigenvalue weighted by Gasteiger charge is 2.46. The van der Waals surface area contributed by atoms with E-state index in [1.807, 2.05) is 24.3 Å². The van der Waals surface area contributed by atoms with Crippen LogP contribution in [0.15, 0.2) is 48.5 Å². The predicted molar refractivity (Wildman–Crippen MR) is 127 cm³/mol. The maximum atomic E-state index is 12.9. The summed E-state index contributed by atoms with van der Waals surface area (Å²) >= 11 is 0. The lowest BCUT2D eigenvalue weighted by Gasteiger charge is -2.35. The molecule has 0 aliphatic rings. The Labute approximate surface area is 199 Å². The van der Waals surface area contributed by atoms with Gasteiger partial charge in [-0.05, 0) is 55.8 Å². The largest absolute Gasteiger partial charge is 0.394 e. The van der Waals surface area contributed by atoms with Crippen LogP contribution < -0.4 is 5.32 Å². The van der Waals surface area contributed by atoms with E-state index >= 15 is 0 Å². The summed E-state index contributed by atoms with van der Waals surface area (Å²) in [7, 11) is 2.70. The molecule has 0 saturated heterocycles. The van der Waals surface area contributed by atoms with Gasteiger partial charge in [0.1, 0.15) is 6.61 Å². The third-order valence-corrected chi connectivity index (χ3v) is 5.56. The number of ketones is 1. The first-order chi connectivity index (χ1) is 16.2. The Morgan fingerprint density at radius 3 is 2.03 bits per heavy atom. The van der Waals surface area contributed by atoms with Crippen LogP contribution in [0, 0.1) is 11.8 Å². The fourth-order valence-electron chi connectivity index (χ4n) is 3.08. The number of carbonyl (C=O) groups excluding carboxylic acids is 3. The van der Waals surface area contributed by atoms with Crippen molar-refractivity contribution < 1.29 is 29.3 Å². The van der Waals surface area contributed by atoms with Gasteiger partial charge in [-0.25, -0.2) is 0 Å². The molecule has 2 aromatic carbocycles. The molecule has 2 aromatic rings. The number of Topliss-reactive ketones (excluding diaryl/α,β-unsaturated/α-hetero) is 1. The Bertz CT molecular complexity index is 1050. The van der Waals surface area contributed by atoms with E-state index in [2.05, 4.69) is 17.2 Å². The molecule has 2 amide bonds. The zero-order chi connectivity index (χ0) is 25.3. The summed E-state index contributed by atoms with van der Waals surface area (Å²) in [5.74, 6) is 4.07. The second kappa shape index (κ2) is 12.1. The highest BCUT2D eigenvalue weighted by molar-refractivity contribution is 6.14. The number of carbonyl (C=O) groups is 3.